The molecule has 1 aromatic carbocycles. The largest absolute Gasteiger partial charge is 0.496 e. The van der Waals surface area contributed by atoms with Crippen molar-refractivity contribution in [2.45, 2.75) is 24.8 Å². The standard InChI is InChI=1S/C16H19F7N2O.ClH/c1-26-13-9-10(15(18,19)20)8-11(16(21,22)23)14(13)12(2-3-17)25-6-4-24-5-7-25;/h8-9,12,24H,2-7H2,1H3;1H/t12-;/m0./s1. The van der Waals surface area contributed by atoms with Gasteiger partial charge in [-0.1, -0.05) is 0 Å². The number of nitrogens with one attached hydrogen (secondary N) is 1. The number of hydrogen-bond acceptors (Lipinski definition) is 3. The number of ether oxygens (including phenoxy) is 1. The molecule has 1 atom stereocenters. The summed E-state index contributed by atoms with van der Waals surface area (Å²) in [6.07, 6.45) is -10.3. The maximum Gasteiger partial charge on any atom is 0.416 e. The molecule has 156 valence electrons. The van der Waals surface area contributed by atoms with Crippen molar-refractivity contribution in [1.82, 2.24) is 10.2 Å². The van der Waals surface area contributed by atoms with E-state index < -0.39 is 47.5 Å². The summed E-state index contributed by atoms with van der Waals surface area (Å²) in [5.74, 6) is -0.538. The van der Waals surface area contributed by atoms with Gasteiger partial charge in [0.25, 0.3) is 0 Å². The lowest BCUT2D eigenvalue weighted by atomic mass is 9.92. The highest BCUT2D eigenvalue weighted by Gasteiger charge is 2.42. The first-order valence-corrected chi connectivity index (χ1v) is 7.96. The molecule has 2 rings (SSSR count). The van der Waals surface area contributed by atoms with Crippen LogP contribution in [0.15, 0.2) is 12.1 Å². The first-order valence-electron chi connectivity index (χ1n) is 7.96. The number of hydrogen-bond donors (Lipinski definition) is 1. The van der Waals surface area contributed by atoms with E-state index in [0.717, 1.165) is 7.11 Å². The molecule has 0 aromatic heterocycles. The van der Waals surface area contributed by atoms with Crippen LogP contribution in [0.1, 0.15) is 29.2 Å². The van der Waals surface area contributed by atoms with Gasteiger partial charge in [-0.2, -0.15) is 26.3 Å². The summed E-state index contributed by atoms with van der Waals surface area (Å²) in [6, 6.07) is -0.417. The molecule has 1 saturated heterocycles. The molecule has 0 radical (unpaired) electrons. The van der Waals surface area contributed by atoms with Crippen LogP contribution in [0.3, 0.4) is 0 Å². The second-order valence-electron chi connectivity index (χ2n) is 5.91. The molecule has 11 heteroatoms. The minimum atomic E-state index is -5.04. The molecule has 27 heavy (non-hydrogen) atoms. The van der Waals surface area contributed by atoms with Crippen molar-refractivity contribution in [1.29, 1.82) is 0 Å². The van der Waals surface area contributed by atoms with Crippen LogP contribution in [0.4, 0.5) is 30.7 Å². The monoisotopic (exact) mass is 424 g/mol. The molecule has 1 aliphatic heterocycles. The summed E-state index contributed by atoms with van der Waals surface area (Å²) >= 11 is 0. The minimum absolute atomic E-state index is 0. The number of benzene rings is 1. The smallest absolute Gasteiger partial charge is 0.416 e. The van der Waals surface area contributed by atoms with Crippen LogP contribution >= 0.6 is 12.4 Å². The van der Waals surface area contributed by atoms with E-state index in [-0.39, 0.29) is 24.9 Å². The summed E-state index contributed by atoms with van der Waals surface area (Å²) in [5.41, 5.74) is -3.35. The Morgan fingerprint density at radius 2 is 1.67 bits per heavy atom. The van der Waals surface area contributed by atoms with Gasteiger partial charge in [-0.3, -0.25) is 9.29 Å². The van der Waals surface area contributed by atoms with Gasteiger partial charge in [-0.15, -0.1) is 12.4 Å². The van der Waals surface area contributed by atoms with Gasteiger partial charge >= 0.3 is 12.4 Å². The van der Waals surface area contributed by atoms with Crippen LogP contribution in [0.25, 0.3) is 0 Å². The fraction of sp³-hybridized carbons (Fsp3) is 0.625. The number of piperazine rings is 1. The first kappa shape index (κ1) is 23.8. The van der Waals surface area contributed by atoms with Crippen LogP contribution in [0.2, 0.25) is 0 Å². The quantitative estimate of drug-likeness (QED) is 0.706. The Balaban J connectivity index is 0.00000364. The molecule has 0 aliphatic carbocycles. The average molecular weight is 425 g/mol. The van der Waals surface area contributed by atoms with E-state index in [4.69, 9.17) is 4.74 Å². The SMILES string of the molecule is COc1cc(C(F)(F)F)cc(C(F)(F)F)c1[C@H](CCF)N1CCNCC1.Cl. The summed E-state index contributed by atoms with van der Waals surface area (Å²) < 4.78 is 97.6. The van der Waals surface area contributed by atoms with E-state index in [9.17, 15) is 30.7 Å². The van der Waals surface area contributed by atoms with Gasteiger partial charge in [0, 0.05) is 37.8 Å². The number of rotatable bonds is 5. The van der Waals surface area contributed by atoms with E-state index in [1.807, 2.05) is 0 Å². The third-order valence-corrected chi connectivity index (χ3v) is 4.30. The Morgan fingerprint density at radius 1 is 1.07 bits per heavy atom. The lowest BCUT2D eigenvalue weighted by molar-refractivity contribution is -0.144. The molecule has 1 heterocycles. The Bertz CT molecular complexity index is 616. The summed E-state index contributed by atoms with van der Waals surface area (Å²) in [5, 5.41) is 3.03. The van der Waals surface area contributed by atoms with Gasteiger partial charge < -0.3 is 10.1 Å². The second kappa shape index (κ2) is 9.29. The van der Waals surface area contributed by atoms with Crippen LogP contribution in [0.5, 0.6) is 5.75 Å². The molecule has 0 unspecified atom stereocenters. The van der Waals surface area contributed by atoms with Gasteiger partial charge in [0.2, 0.25) is 0 Å². The lowest BCUT2D eigenvalue weighted by Crippen LogP contribution is -2.45. The van der Waals surface area contributed by atoms with Crippen LogP contribution in [-0.2, 0) is 12.4 Å². The fourth-order valence-corrected chi connectivity index (χ4v) is 3.14. The Labute approximate surface area is 158 Å². The molecule has 1 fully saturated rings. The molecule has 0 amide bonds. The van der Waals surface area contributed by atoms with Crippen molar-refractivity contribution in [2.75, 3.05) is 40.0 Å². The Kier molecular flexibility index (Phi) is 8.18. The van der Waals surface area contributed by atoms with Gasteiger partial charge in [-0.05, 0) is 18.6 Å². The third kappa shape index (κ3) is 5.61. The topological polar surface area (TPSA) is 24.5 Å². The zero-order chi connectivity index (χ0) is 19.5. The highest BCUT2D eigenvalue weighted by molar-refractivity contribution is 5.85. The molecular weight excluding hydrogens is 405 g/mol. The highest BCUT2D eigenvalue weighted by atomic mass is 35.5. The lowest BCUT2D eigenvalue weighted by Gasteiger charge is -2.36. The van der Waals surface area contributed by atoms with Gasteiger partial charge in [0.05, 0.1) is 24.9 Å². The summed E-state index contributed by atoms with van der Waals surface area (Å²) in [7, 11) is 1.00. The average Bonchev–Trinajstić information content (AvgIpc) is 2.57. The molecule has 0 saturated carbocycles. The van der Waals surface area contributed by atoms with Crippen molar-refractivity contribution in [3.8, 4) is 5.75 Å². The van der Waals surface area contributed by atoms with E-state index in [1.165, 1.54) is 0 Å². The zero-order valence-corrected chi connectivity index (χ0v) is 15.2. The predicted octanol–water partition coefficient (Wildman–Crippen LogP) is 4.46. The second-order valence-corrected chi connectivity index (χ2v) is 5.91. The van der Waals surface area contributed by atoms with Crippen LogP contribution < -0.4 is 10.1 Å². The van der Waals surface area contributed by atoms with E-state index >= 15 is 0 Å². The first-order chi connectivity index (χ1) is 12.1. The van der Waals surface area contributed by atoms with E-state index in [2.05, 4.69) is 5.32 Å². The van der Waals surface area contributed by atoms with Crippen molar-refractivity contribution in [3.63, 3.8) is 0 Å². The molecule has 0 bridgehead atoms. The molecule has 3 nitrogen and oxygen atoms in total. The Morgan fingerprint density at radius 3 is 2.11 bits per heavy atom. The number of halogens is 8. The maximum absolute atomic E-state index is 13.6. The fourth-order valence-electron chi connectivity index (χ4n) is 3.14. The molecule has 1 N–H and O–H groups in total. The summed E-state index contributed by atoms with van der Waals surface area (Å²) in [6.45, 7) is 0.786. The molecule has 1 aliphatic rings. The minimum Gasteiger partial charge on any atom is -0.496 e. The molecule has 0 spiro atoms. The van der Waals surface area contributed by atoms with Crippen molar-refractivity contribution < 1.29 is 35.5 Å². The van der Waals surface area contributed by atoms with Gasteiger partial charge in [0.1, 0.15) is 5.75 Å². The zero-order valence-electron chi connectivity index (χ0n) is 14.4. The van der Waals surface area contributed by atoms with Gasteiger partial charge in [-0.25, -0.2) is 0 Å². The maximum atomic E-state index is 13.6. The third-order valence-electron chi connectivity index (χ3n) is 4.30. The predicted molar refractivity (Wildman–Crippen MR) is 88.0 cm³/mol. The molecule has 1 aromatic rings. The van der Waals surface area contributed by atoms with Crippen molar-refractivity contribution in [2.24, 2.45) is 0 Å². The van der Waals surface area contributed by atoms with Crippen LogP contribution in [0, 0.1) is 0 Å². The van der Waals surface area contributed by atoms with Crippen molar-refractivity contribution >= 4 is 12.4 Å². The Hall–Kier alpha value is -1.26. The van der Waals surface area contributed by atoms with Gasteiger partial charge in [0.15, 0.2) is 0 Å². The number of alkyl halides is 7. The number of methoxy groups -OCH3 is 1. The normalized spacial score (nSPS) is 17.3. The summed E-state index contributed by atoms with van der Waals surface area (Å²) in [4.78, 5) is 1.64. The van der Waals surface area contributed by atoms with E-state index in [0.29, 0.717) is 32.2 Å². The molecular formula is C16H20ClF7N2O. The van der Waals surface area contributed by atoms with Crippen molar-refractivity contribution in [3.05, 3.63) is 28.8 Å². The van der Waals surface area contributed by atoms with Crippen LogP contribution in [-0.4, -0.2) is 44.9 Å². The number of nitrogens with zero attached hydrogens (tertiary/aromatic N) is 1. The highest BCUT2D eigenvalue weighted by Crippen LogP contribution is 2.45. The van der Waals surface area contributed by atoms with E-state index in [1.54, 1.807) is 4.90 Å².